The molecule has 0 spiro atoms. The number of hydrogen-bond acceptors (Lipinski definition) is 3. The number of carboxylic acid groups (broad SMARTS) is 1. The maximum absolute atomic E-state index is 12.7. The Labute approximate surface area is 115 Å². The highest BCUT2D eigenvalue weighted by Crippen LogP contribution is 2.42. The summed E-state index contributed by atoms with van der Waals surface area (Å²) in [7, 11) is 0. The molecule has 0 bridgehead atoms. The van der Waals surface area contributed by atoms with E-state index >= 15 is 0 Å². The highest BCUT2D eigenvalue weighted by molar-refractivity contribution is 5.77. The van der Waals surface area contributed by atoms with Gasteiger partial charge in [-0.2, -0.15) is 0 Å². The third-order valence-electron chi connectivity index (χ3n) is 3.92. The van der Waals surface area contributed by atoms with E-state index in [1.54, 1.807) is 16.7 Å². The van der Waals surface area contributed by atoms with E-state index in [4.69, 9.17) is 5.11 Å². The smallest absolute Gasteiger partial charge is 0.303 e. The summed E-state index contributed by atoms with van der Waals surface area (Å²) in [6.45, 7) is 2.02. The summed E-state index contributed by atoms with van der Waals surface area (Å²) in [5, 5.41) is 9.45. The molecule has 3 rings (SSSR count). The monoisotopic (exact) mass is 272 g/mol. The minimum absolute atomic E-state index is 0.0130. The lowest BCUT2D eigenvalue weighted by atomic mass is 10.2. The Bertz CT molecular complexity index is 744. The number of rotatable bonds is 4. The van der Waals surface area contributed by atoms with Crippen LogP contribution in [0.1, 0.15) is 32.0 Å². The van der Waals surface area contributed by atoms with Crippen LogP contribution in [0.2, 0.25) is 0 Å². The molecule has 1 aromatic heterocycles. The topological polar surface area (TPSA) is 72.2 Å². The summed E-state index contributed by atoms with van der Waals surface area (Å²) in [4.78, 5) is 28.0. The molecule has 0 unspecified atom stereocenters. The normalized spacial score (nSPS) is 16.2. The second kappa shape index (κ2) is 4.44. The number of carbonyl (C=O) groups is 1. The van der Waals surface area contributed by atoms with Crippen molar-refractivity contribution < 1.29 is 9.90 Å². The molecule has 0 amide bonds. The first-order valence-electron chi connectivity index (χ1n) is 6.74. The summed E-state index contributed by atoms with van der Waals surface area (Å²) in [6.07, 6.45) is 2.14. The first kappa shape index (κ1) is 12.8. The van der Waals surface area contributed by atoms with Gasteiger partial charge in [-0.05, 0) is 31.9 Å². The zero-order valence-electron chi connectivity index (χ0n) is 11.3. The minimum atomic E-state index is -0.875. The summed E-state index contributed by atoms with van der Waals surface area (Å²) in [6, 6.07) is 7.22. The van der Waals surface area contributed by atoms with Gasteiger partial charge in [0.05, 0.1) is 17.3 Å². The van der Waals surface area contributed by atoms with E-state index in [9.17, 15) is 9.59 Å². The van der Waals surface area contributed by atoms with Crippen LogP contribution in [0.4, 0.5) is 0 Å². The van der Waals surface area contributed by atoms with Crippen LogP contribution in [0, 0.1) is 0 Å². The van der Waals surface area contributed by atoms with Crippen molar-refractivity contribution in [2.24, 2.45) is 0 Å². The molecule has 0 saturated heterocycles. The van der Waals surface area contributed by atoms with Crippen molar-refractivity contribution in [1.29, 1.82) is 0 Å². The molecule has 1 saturated carbocycles. The Hall–Kier alpha value is -2.17. The molecule has 1 N–H and O–H groups in total. The van der Waals surface area contributed by atoms with Crippen molar-refractivity contribution in [3.05, 3.63) is 40.4 Å². The number of fused-ring (bicyclic) bond motifs is 1. The van der Waals surface area contributed by atoms with Crippen LogP contribution in [0.5, 0.6) is 0 Å². The van der Waals surface area contributed by atoms with Gasteiger partial charge in [0.1, 0.15) is 5.82 Å². The highest BCUT2D eigenvalue weighted by Gasteiger charge is 2.42. The second-order valence-electron chi connectivity index (χ2n) is 5.58. The van der Waals surface area contributed by atoms with Gasteiger partial charge in [0.25, 0.3) is 5.56 Å². The Morgan fingerprint density at radius 1 is 1.40 bits per heavy atom. The van der Waals surface area contributed by atoms with Crippen molar-refractivity contribution in [3.8, 4) is 0 Å². The number of hydrogen-bond donors (Lipinski definition) is 1. The van der Waals surface area contributed by atoms with E-state index in [0.717, 1.165) is 12.8 Å². The van der Waals surface area contributed by atoms with E-state index in [1.807, 2.05) is 19.1 Å². The molecule has 0 radical (unpaired) electrons. The van der Waals surface area contributed by atoms with Gasteiger partial charge in [-0.3, -0.25) is 14.2 Å². The lowest BCUT2D eigenvalue weighted by Crippen LogP contribution is -2.32. The average molecular weight is 272 g/mol. The predicted octanol–water partition coefficient (Wildman–Crippen LogP) is 1.92. The van der Waals surface area contributed by atoms with Crippen LogP contribution in [0.15, 0.2) is 29.1 Å². The molecule has 5 nitrogen and oxygen atoms in total. The number of aliphatic carboxylic acids is 1. The van der Waals surface area contributed by atoms with E-state index in [2.05, 4.69) is 4.98 Å². The van der Waals surface area contributed by atoms with Crippen molar-refractivity contribution in [2.45, 2.75) is 38.1 Å². The van der Waals surface area contributed by atoms with Gasteiger partial charge < -0.3 is 5.11 Å². The van der Waals surface area contributed by atoms with Crippen LogP contribution >= 0.6 is 0 Å². The van der Waals surface area contributed by atoms with E-state index in [0.29, 0.717) is 16.7 Å². The fraction of sp³-hybridized carbons (Fsp3) is 0.400. The van der Waals surface area contributed by atoms with Crippen molar-refractivity contribution in [3.63, 3.8) is 0 Å². The third kappa shape index (κ3) is 2.09. The fourth-order valence-electron chi connectivity index (χ4n) is 2.53. The summed E-state index contributed by atoms with van der Waals surface area (Å²) in [5.74, 6) is -0.295. The molecule has 1 heterocycles. The molecular weight excluding hydrogens is 256 g/mol. The van der Waals surface area contributed by atoms with Crippen LogP contribution in [-0.2, 0) is 16.8 Å². The van der Waals surface area contributed by atoms with E-state index in [-0.39, 0.29) is 23.9 Å². The molecule has 1 aromatic carbocycles. The van der Waals surface area contributed by atoms with Gasteiger partial charge >= 0.3 is 5.97 Å². The van der Waals surface area contributed by atoms with Crippen molar-refractivity contribution in [2.75, 3.05) is 0 Å². The Morgan fingerprint density at radius 2 is 2.10 bits per heavy atom. The highest BCUT2D eigenvalue weighted by atomic mass is 16.4. The van der Waals surface area contributed by atoms with Crippen LogP contribution in [0.3, 0.4) is 0 Å². The number of aryl methyl sites for hydroxylation is 1. The molecular formula is C15H16N2O3. The lowest BCUT2D eigenvalue weighted by Gasteiger charge is -2.18. The average Bonchev–Trinajstić information content (AvgIpc) is 3.15. The van der Waals surface area contributed by atoms with Crippen LogP contribution in [0.25, 0.3) is 10.9 Å². The minimum Gasteiger partial charge on any atom is -0.481 e. The third-order valence-corrected chi connectivity index (χ3v) is 3.92. The van der Waals surface area contributed by atoms with Gasteiger partial charge in [-0.25, -0.2) is 4.98 Å². The van der Waals surface area contributed by atoms with Gasteiger partial charge in [-0.1, -0.05) is 12.1 Å². The maximum atomic E-state index is 12.7. The number of carboxylic acids is 1. The first-order valence-corrected chi connectivity index (χ1v) is 6.74. The number of aromatic nitrogens is 2. The van der Waals surface area contributed by atoms with Crippen molar-refractivity contribution >= 4 is 16.9 Å². The van der Waals surface area contributed by atoms with Gasteiger partial charge in [0.2, 0.25) is 0 Å². The Balaban J connectivity index is 2.20. The molecule has 20 heavy (non-hydrogen) atoms. The summed E-state index contributed by atoms with van der Waals surface area (Å²) < 4.78 is 1.71. The molecule has 2 aromatic rings. The van der Waals surface area contributed by atoms with E-state index in [1.165, 1.54) is 0 Å². The molecule has 1 fully saturated rings. The molecule has 0 aliphatic heterocycles. The predicted molar refractivity (Wildman–Crippen MR) is 74.8 cm³/mol. The van der Waals surface area contributed by atoms with Crippen molar-refractivity contribution in [1.82, 2.24) is 9.55 Å². The zero-order chi connectivity index (χ0) is 14.3. The SMILES string of the molecule is CC1(n2c(CCC(=O)O)nc3ccccc3c2=O)CC1. The maximum Gasteiger partial charge on any atom is 0.303 e. The van der Waals surface area contributed by atoms with Gasteiger partial charge in [0.15, 0.2) is 0 Å². The van der Waals surface area contributed by atoms with E-state index < -0.39 is 5.97 Å². The molecule has 0 atom stereocenters. The summed E-state index contributed by atoms with van der Waals surface area (Å²) >= 11 is 0. The largest absolute Gasteiger partial charge is 0.481 e. The summed E-state index contributed by atoms with van der Waals surface area (Å²) in [5.41, 5.74) is 0.386. The van der Waals surface area contributed by atoms with Gasteiger partial charge in [0, 0.05) is 12.0 Å². The molecule has 1 aliphatic rings. The van der Waals surface area contributed by atoms with Gasteiger partial charge in [-0.15, -0.1) is 0 Å². The van der Waals surface area contributed by atoms with Crippen LogP contribution < -0.4 is 5.56 Å². The molecule has 1 aliphatic carbocycles. The molecule has 5 heteroatoms. The molecule has 104 valence electrons. The fourth-order valence-corrected chi connectivity index (χ4v) is 2.53. The zero-order valence-corrected chi connectivity index (χ0v) is 11.3. The number of benzene rings is 1. The lowest BCUT2D eigenvalue weighted by molar-refractivity contribution is -0.137. The second-order valence-corrected chi connectivity index (χ2v) is 5.58. The Kier molecular flexibility index (Phi) is 2.85. The standard InChI is InChI=1S/C15H16N2O3/c1-15(8-9-15)17-12(6-7-13(18)19)16-11-5-3-2-4-10(11)14(17)20/h2-5H,6-9H2,1H3,(H,18,19). The Morgan fingerprint density at radius 3 is 2.75 bits per heavy atom. The van der Waals surface area contributed by atoms with Crippen LogP contribution in [-0.4, -0.2) is 20.6 Å². The number of nitrogens with zero attached hydrogens (tertiary/aromatic N) is 2. The quantitative estimate of drug-likeness (QED) is 0.923. The first-order chi connectivity index (χ1) is 9.51. The number of para-hydroxylation sites is 1.